The van der Waals surface area contributed by atoms with Crippen molar-refractivity contribution in [3.63, 3.8) is 0 Å². The average Bonchev–Trinajstić information content (AvgIpc) is 2.30. The van der Waals surface area contributed by atoms with Crippen LogP contribution in [0.1, 0.15) is 12.5 Å². The molecule has 80 valence electrons. The van der Waals surface area contributed by atoms with Crippen LogP contribution in [-0.2, 0) is 0 Å². The van der Waals surface area contributed by atoms with Crippen LogP contribution in [0.4, 0.5) is 0 Å². The van der Waals surface area contributed by atoms with E-state index in [-0.39, 0.29) is 0 Å². The molecule has 0 radical (unpaired) electrons. The Bertz CT molecular complexity index is 486. The van der Waals surface area contributed by atoms with Crippen LogP contribution in [0.2, 0.25) is 0 Å². The maximum absolute atomic E-state index is 3.96. The summed E-state index contributed by atoms with van der Waals surface area (Å²) in [4.78, 5) is 2.52. The van der Waals surface area contributed by atoms with Gasteiger partial charge in [0.15, 0.2) is 0 Å². The largest absolute Gasteiger partial charge is 0.0955 e. The second-order valence-corrected chi connectivity index (χ2v) is 4.87. The number of hydrogen-bond acceptors (Lipinski definition) is 1. The van der Waals surface area contributed by atoms with Crippen molar-refractivity contribution in [3.05, 3.63) is 66.7 Å². The van der Waals surface area contributed by atoms with E-state index in [1.807, 2.05) is 13.0 Å². The highest BCUT2D eigenvalue weighted by Gasteiger charge is 1.98. The van der Waals surface area contributed by atoms with Crippen molar-refractivity contribution in [2.24, 2.45) is 0 Å². The molecule has 0 saturated carbocycles. The monoisotopic (exact) mass is 226 g/mol. The van der Waals surface area contributed by atoms with E-state index in [2.05, 4.69) is 55.1 Å². The molecule has 0 saturated heterocycles. The molecule has 1 heteroatoms. The first kappa shape index (κ1) is 11.0. The van der Waals surface area contributed by atoms with Crippen LogP contribution in [0.3, 0.4) is 0 Å². The highest BCUT2D eigenvalue weighted by molar-refractivity contribution is 7.99. The van der Waals surface area contributed by atoms with E-state index in [1.165, 1.54) is 15.4 Å². The summed E-state index contributed by atoms with van der Waals surface area (Å²) in [6, 6.07) is 18.9. The molecule has 0 N–H and O–H groups in total. The van der Waals surface area contributed by atoms with Gasteiger partial charge in [-0.05, 0) is 36.8 Å². The second-order valence-electron chi connectivity index (χ2n) is 3.72. The van der Waals surface area contributed by atoms with E-state index < -0.39 is 0 Å². The lowest BCUT2D eigenvalue weighted by Crippen LogP contribution is -1.79. The Balaban J connectivity index is 2.22. The fraction of sp³-hybridized carbons (Fsp3) is 0.0667. The van der Waals surface area contributed by atoms with Crippen molar-refractivity contribution in [3.8, 4) is 0 Å². The molecule has 0 fully saturated rings. The normalized spacial score (nSPS) is 10.1. The Kier molecular flexibility index (Phi) is 3.47. The quantitative estimate of drug-likeness (QED) is 0.719. The molecule has 2 rings (SSSR count). The van der Waals surface area contributed by atoms with Crippen LogP contribution in [0.5, 0.6) is 0 Å². The molecular weight excluding hydrogens is 212 g/mol. The summed E-state index contributed by atoms with van der Waals surface area (Å²) in [5.41, 5.74) is 2.32. The van der Waals surface area contributed by atoms with Crippen LogP contribution in [-0.4, -0.2) is 0 Å². The SMILES string of the molecule is C=C(C)c1cccc(Sc2ccccc2)c1. The standard InChI is InChI=1S/C15H14S/c1-12(2)13-7-6-10-15(11-13)16-14-8-4-3-5-9-14/h3-11H,1H2,2H3. The predicted molar refractivity (Wildman–Crippen MR) is 71.7 cm³/mol. The van der Waals surface area contributed by atoms with Crippen LogP contribution in [0.25, 0.3) is 5.57 Å². The van der Waals surface area contributed by atoms with E-state index >= 15 is 0 Å². The number of benzene rings is 2. The van der Waals surface area contributed by atoms with E-state index in [1.54, 1.807) is 11.8 Å². The summed E-state index contributed by atoms with van der Waals surface area (Å²) in [7, 11) is 0. The highest BCUT2D eigenvalue weighted by atomic mass is 32.2. The minimum absolute atomic E-state index is 1.11. The number of allylic oxidation sites excluding steroid dienone is 1. The first-order valence-electron chi connectivity index (χ1n) is 5.24. The van der Waals surface area contributed by atoms with Crippen molar-refractivity contribution in [1.82, 2.24) is 0 Å². The van der Waals surface area contributed by atoms with E-state index in [0.717, 1.165) is 5.57 Å². The fourth-order valence-corrected chi connectivity index (χ4v) is 2.35. The molecule has 0 aliphatic heterocycles. The molecule has 0 unspecified atom stereocenters. The van der Waals surface area contributed by atoms with Gasteiger partial charge in [-0.2, -0.15) is 0 Å². The molecule has 0 bridgehead atoms. The molecule has 0 aliphatic carbocycles. The van der Waals surface area contributed by atoms with Gasteiger partial charge in [0, 0.05) is 9.79 Å². The summed E-state index contributed by atoms with van der Waals surface area (Å²) in [5, 5.41) is 0. The van der Waals surface area contributed by atoms with Gasteiger partial charge < -0.3 is 0 Å². The van der Waals surface area contributed by atoms with Crippen LogP contribution < -0.4 is 0 Å². The first-order valence-corrected chi connectivity index (χ1v) is 6.06. The predicted octanol–water partition coefficient (Wildman–Crippen LogP) is 4.87. The molecule has 0 aliphatic rings. The molecule has 0 heterocycles. The Morgan fingerprint density at radius 3 is 2.31 bits per heavy atom. The average molecular weight is 226 g/mol. The fourth-order valence-electron chi connectivity index (χ4n) is 1.45. The van der Waals surface area contributed by atoms with E-state index in [4.69, 9.17) is 0 Å². The lowest BCUT2D eigenvalue weighted by Gasteiger charge is -2.04. The summed E-state index contributed by atoms with van der Waals surface area (Å²) in [5.74, 6) is 0. The first-order chi connectivity index (χ1) is 7.75. The lowest BCUT2D eigenvalue weighted by atomic mass is 10.1. The third kappa shape index (κ3) is 2.77. The van der Waals surface area contributed by atoms with Gasteiger partial charge in [-0.25, -0.2) is 0 Å². The smallest absolute Gasteiger partial charge is 0.0128 e. The van der Waals surface area contributed by atoms with Crippen molar-refractivity contribution >= 4 is 17.3 Å². The summed E-state index contributed by atoms with van der Waals surface area (Å²) >= 11 is 1.78. The zero-order chi connectivity index (χ0) is 11.4. The molecule has 0 amide bonds. The zero-order valence-electron chi connectivity index (χ0n) is 9.31. The third-order valence-corrected chi connectivity index (χ3v) is 3.30. The van der Waals surface area contributed by atoms with Crippen molar-refractivity contribution in [2.45, 2.75) is 16.7 Å². The summed E-state index contributed by atoms with van der Waals surface area (Å²) in [6.07, 6.45) is 0. The molecule has 2 aromatic carbocycles. The topological polar surface area (TPSA) is 0 Å². The maximum atomic E-state index is 3.96. The van der Waals surface area contributed by atoms with Crippen molar-refractivity contribution in [1.29, 1.82) is 0 Å². The molecule has 0 nitrogen and oxygen atoms in total. The lowest BCUT2D eigenvalue weighted by molar-refractivity contribution is 1.39. The van der Waals surface area contributed by atoms with Gasteiger partial charge in [-0.15, -0.1) is 0 Å². The molecule has 16 heavy (non-hydrogen) atoms. The Labute approximate surface area is 101 Å². The molecule has 0 aromatic heterocycles. The van der Waals surface area contributed by atoms with Crippen LogP contribution in [0, 0.1) is 0 Å². The number of hydrogen-bond donors (Lipinski definition) is 0. The van der Waals surface area contributed by atoms with Gasteiger partial charge in [0.2, 0.25) is 0 Å². The molecule has 0 spiro atoms. The van der Waals surface area contributed by atoms with Crippen LogP contribution >= 0.6 is 11.8 Å². The Morgan fingerprint density at radius 2 is 1.62 bits per heavy atom. The van der Waals surface area contributed by atoms with E-state index in [0.29, 0.717) is 0 Å². The van der Waals surface area contributed by atoms with Gasteiger partial charge in [0.1, 0.15) is 0 Å². The molecule has 2 aromatic rings. The Hall–Kier alpha value is -1.47. The van der Waals surface area contributed by atoms with Crippen molar-refractivity contribution in [2.75, 3.05) is 0 Å². The second kappa shape index (κ2) is 5.04. The minimum Gasteiger partial charge on any atom is -0.0955 e. The van der Waals surface area contributed by atoms with Gasteiger partial charge in [0.05, 0.1) is 0 Å². The maximum Gasteiger partial charge on any atom is 0.0128 e. The number of rotatable bonds is 3. The summed E-state index contributed by atoms with van der Waals surface area (Å²) < 4.78 is 0. The minimum atomic E-state index is 1.11. The van der Waals surface area contributed by atoms with Crippen molar-refractivity contribution < 1.29 is 0 Å². The van der Waals surface area contributed by atoms with Gasteiger partial charge in [-0.1, -0.05) is 54.2 Å². The third-order valence-electron chi connectivity index (χ3n) is 2.31. The van der Waals surface area contributed by atoms with Gasteiger partial charge >= 0.3 is 0 Å². The van der Waals surface area contributed by atoms with Crippen LogP contribution in [0.15, 0.2) is 71.0 Å². The molecular formula is C15H14S. The zero-order valence-corrected chi connectivity index (χ0v) is 10.1. The highest BCUT2D eigenvalue weighted by Crippen LogP contribution is 2.28. The van der Waals surface area contributed by atoms with Gasteiger partial charge in [-0.3, -0.25) is 0 Å². The summed E-state index contributed by atoms with van der Waals surface area (Å²) in [6.45, 7) is 6.00. The van der Waals surface area contributed by atoms with E-state index in [9.17, 15) is 0 Å². The molecule has 0 atom stereocenters. The Morgan fingerprint density at radius 1 is 0.938 bits per heavy atom. The van der Waals surface area contributed by atoms with Gasteiger partial charge in [0.25, 0.3) is 0 Å².